The number of methoxy groups -OCH3 is 1. The smallest absolute Gasteiger partial charge is 0.325 e. The molecule has 4 rings (SSSR count). The van der Waals surface area contributed by atoms with E-state index in [-0.39, 0.29) is 30.5 Å². The van der Waals surface area contributed by atoms with Crippen LogP contribution in [0, 0.1) is 0 Å². The predicted molar refractivity (Wildman–Crippen MR) is 121 cm³/mol. The second kappa shape index (κ2) is 9.32. The van der Waals surface area contributed by atoms with E-state index in [9.17, 15) is 23.1 Å². The number of nitrogens with zero attached hydrogens (tertiary/aromatic N) is 3. The fourth-order valence-corrected chi connectivity index (χ4v) is 6.72. The number of benzene rings is 1. The van der Waals surface area contributed by atoms with Crippen molar-refractivity contribution in [2.45, 2.75) is 31.5 Å². The first kappa shape index (κ1) is 23.5. The Balaban J connectivity index is 1.60. The molecule has 0 amide bonds. The van der Waals surface area contributed by atoms with Gasteiger partial charge in [0, 0.05) is 61.4 Å². The van der Waals surface area contributed by atoms with Crippen molar-refractivity contribution < 1.29 is 33.0 Å². The number of carboxylic acids is 2. The van der Waals surface area contributed by atoms with E-state index < -0.39 is 27.8 Å². The molecule has 33 heavy (non-hydrogen) atoms. The number of aromatic nitrogens is 1. The van der Waals surface area contributed by atoms with Gasteiger partial charge in [0.1, 0.15) is 11.8 Å². The number of carbonyl (C=O) groups is 2. The van der Waals surface area contributed by atoms with Crippen molar-refractivity contribution in [1.29, 1.82) is 0 Å². The van der Waals surface area contributed by atoms with Crippen molar-refractivity contribution in [3.63, 3.8) is 0 Å². The van der Waals surface area contributed by atoms with E-state index in [1.165, 1.54) is 0 Å². The molecule has 180 valence electrons. The van der Waals surface area contributed by atoms with Gasteiger partial charge in [-0.2, -0.15) is 0 Å². The quantitative estimate of drug-likeness (QED) is 0.571. The van der Waals surface area contributed by atoms with Crippen molar-refractivity contribution in [2.75, 3.05) is 44.8 Å². The van der Waals surface area contributed by atoms with Gasteiger partial charge in [-0.15, -0.1) is 0 Å². The van der Waals surface area contributed by atoms with Gasteiger partial charge in [-0.05, 0) is 24.6 Å². The number of carboxylic acid groups (broad SMARTS) is 2. The maximum Gasteiger partial charge on any atom is 0.325 e. The largest absolute Gasteiger partial charge is 0.497 e. The van der Waals surface area contributed by atoms with Crippen LogP contribution in [-0.2, 0) is 26.0 Å². The number of hydrogen-bond acceptors (Lipinski definition) is 7. The molecule has 2 aliphatic heterocycles. The van der Waals surface area contributed by atoms with E-state index in [0.717, 1.165) is 10.9 Å². The number of sulfone groups is 1. The molecule has 2 fully saturated rings. The SMILES string of the molecule is COc1ccc2c(c1)c([C@H](C(=O)O)N1CCN([C@H]3CCS(=O)(=O)C3)CC1)cn2CCC(=O)O. The topological polar surface area (TPSA) is 129 Å². The minimum absolute atomic E-state index is 0.00243. The van der Waals surface area contributed by atoms with E-state index >= 15 is 0 Å². The lowest BCUT2D eigenvalue weighted by Crippen LogP contribution is -2.52. The molecule has 0 aliphatic carbocycles. The first-order chi connectivity index (χ1) is 15.7. The Morgan fingerprint density at radius 1 is 1.18 bits per heavy atom. The highest BCUT2D eigenvalue weighted by Gasteiger charge is 2.37. The van der Waals surface area contributed by atoms with Crippen LogP contribution in [-0.4, -0.2) is 95.8 Å². The van der Waals surface area contributed by atoms with E-state index in [0.29, 0.717) is 43.9 Å². The van der Waals surface area contributed by atoms with Crippen LogP contribution in [0.2, 0.25) is 0 Å². The summed E-state index contributed by atoms with van der Waals surface area (Å²) in [5.41, 5.74) is 1.35. The lowest BCUT2D eigenvalue weighted by molar-refractivity contribution is -0.144. The van der Waals surface area contributed by atoms with Crippen LogP contribution in [0.5, 0.6) is 5.75 Å². The molecule has 0 spiro atoms. The number of aryl methyl sites for hydroxylation is 1. The van der Waals surface area contributed by atoms with E-state index in [4.69, 9.17) is 9.84 Å². The molecule has 0 unspecified atom stereocenters. The summed E-state index contributed by atoms with van der Waals surface area (Å²) < 4.78 is 30.8. The zero-order chi connectivity index (χ0) is 23.8. The van der Waals surface area contributed by atoms with Gasteiger partial charge >= 0.3 is 11.9 Å². The number of fused-ring (bicyclic) bond motifs is 1. The minimum Gasteiger partial charge on any atom is -0.497 e. The van der Waals surface area contributed by atoms with Crippen molar-refractivity contribution >= 4 is 32.7 Å². The molecular weight excluding hydrogens is 450 g/mol. The van der Waals surface area contributed by atoms with Gasteiger partial charge in [-0.25, -0.2) is 8.42 Å². The third kappa shape index (κ3) is 4.99. The van der Waals surface area contributed by atoms with Crippen LogP contribution in [0.1, 0.15) is 24.4 Å². The summed E-state index contributed by atoms with van der Waals surface area (Å²) in [5, 5.41) is 20.0. The highest BCUT2D eigenvalue weighted by Crippen LogP contribution is 2.34. The summed E-state index contributed by atoms with van der Waals surface area (Å²) in [7, 11) is -1.44. The number of piperazine rings is 1. The summed E-state index contributed by atoms with van der Waals surface area (Å²) in [6.45, 7) is 2.43. The molecule has 2 aromatic rings. The van der Waals surface area contributed by atoms with Crippen LogP contribution < -0.4 is 4.74 Å². The standard InChI is InChI=1S/C22H29N3O7S/c1-32-16-2-3-19-17(12-16)18(13-25(19)6-4-20(26)27)21(22(28)29)24-9-7-23(8-10-24)15-5-11-33(30,31)14-15/h2-3,12-13,15,21H,4-11,14H2,1H3,(H,26,27)(H,28,29)/t15-,21+/m0/s1. The molecule has 3 heterocycles. The lowest BCUT2D eigenvalue weighted by atomic mass is 10.0. The van der Waals surface area contributed by atoms with Crippen molar-refractivity contribution in [1.82, 2.24) is 14.4 Å². The molecule has 2 N–H and O–H groups in total. The van der Waals surface area contributed by atoms with Gasteiger partial charge in [-0.3, -0.25) is 19.4 Å². The Labute approximate surface area is 192 Å². The molecule has 11 heteroatoms. The van der Waals surface area contributed by atoms with Crippen LogP contribution in [0.15, 0.2) is 24.4 Å². The second-order valence-corrected chi connectivity index (χ2v) is 10.9. The number of aliphatic carboxylic acids is 2. The predicted octanol–water partition coefficient (Wildman–Crippen LogP) is 1.06. The summed E-state index contributed by atoms with van der Waals surface area (Å²) >= 11 is 0. The summed E-state index contributed by atoms with van der Waals surface area (Å²) in [6.07, 6.45) is 2.29. The zero-order valence-electron chi connectivity index (χ0n) is 18.5. The van der Waals surface area contributed by atoms with Gasteiger partial charge in [0.25, 0.3) is 0 Å². The number of ether oxygens (including phenoxy) is 1. The normalized spacial score (nSPS) is 22.4. The van der Waals surface area contributed by atoms with Gasteiger partial charge < -0.3 is 19.5 Å². The Bertz CT molecular complexity index is 1150. The summed E-state index contributed by atoms with van der Waals surface area (Å²) in [6, 6.07) is 4.48. The Hall–Kier alpha value is -2.63. The number of hydrogen-bond donors (Lipinski definition) is 2. The van der Waals surface area contributed by atoms with E-state index in [1.807, 2.05) is 11.0 Å². The molecule has 1 aromatic heterocycles. The van der Waals surface area contributed by atoms with Crippen molar-refractivity contribution in [2.24, 2.45) is 0 Å². The second-order valence-electron chi connectivity index (χ2n) is 8.67. The monoisotopic (exact) mass is 479 g/mol. The first-order valence-corrected chi connectivity index (χ1v) is 12.8. The average molecular weight is 480 g/mol. The number of rotatable bonds is 8. The molecule has 2 atom stereocenters. The summed E-state index contributed by atoms with van der Waals surface area (Å²) in [5.74, 6) is -0.922. The van der Waals surface area contributed by atoms with Gasteiger partial charge in [0.05, 0.1) is 25.0 Å². The average Bonchev–Trinajstić information content (AvgIpc) is 3.32. The maximum absolute atomic E-state index is 12.4. The minimum atomic E-state index is -2.98. The van der Waals surface area contributed by atoms with Gasteiger partial charge in [0.15, 0.2) is 9.84 Å². The highest BCUT2D eigenvalue weighted by molar-refractivity contribution is 7.91. The highest BCUT2D eigenvalue weighted by atomic mass is 32.2. The fraction of sp³-hybridized carbons (Fsp3) is 0.545. The lowest BCUT2D eigenvalue weighted by Gasteiger charge is -2.40. The zero-order valence-corrected chi connectivity index (χ0v) is 19.3. The maximum atomic E-state index is 12.4. The Morgan fingerprint density at radius 3 is 2.48 bits per heavy atom. The molecule has 0 bridgehead atoms. The van der Waals surface area contributed by atoms with Gasteiger partial charge in [0.2, 0.25) is 0 Å². The van der Waals surface area contributed by atoms with Crippen LogP contribution in [0.4, 0.5) is 0 Å². The Kier molecular flexibility index (Phi) is 6.64. The van der Waals surface area contributed by atoms with Crippen LogP contribution in [0.3, 0.4) is 0 Å². The van der Waals surface area contributed by atoms with Crippen molar-refractivity contribution in [3.8, 4) is 5.75 Å². The third-order valence-electron chi connectivity index (χ3n) is 6.65. The molecule has 1 aromatic carbocycles. The van der Waals surface area contributed by atoms with Crippen LogP contribution in [0.25, 0.3) is 10.9 Å². The third-order valence-corrected chi connectivity index (χ3v) is 8.40. The van der Waals surface area contributed by atoms with E-state index in [2.05, 4.69) is 4.90 Å². The molecule has 10 nitrogen and oxygen atoms in total. The Morgan fingerprint density at radius 2 is 1.91 bits per heavy atom. The molecule has 2 aliphatic rings. The van der Waals surface area contributed by atoms with E-state index in [1.54, 1.807) is 30.0 Å². The molecule has 2 saturated heterocycles. The summed E-state index contributed by atoms with van der Waals surface area (Å²) in [4.78, 5) is 27.6. The first-order valence-electron chi connectivity index (χ1n) is 11.0. The fourth-order valence-electron chi connectivity index (χ4n) is 4.96. The van der Waals surface area contributed by atoms with Gasteiger partial charge in [-0.1, -0.05) is 0 Å². The molecule has 0 radical (unpaired) electrons. The molecule has 0 saturated carbocycles. The molecular formula is C22H29N3O7S. The van der Waals surface area contributed by atoms with Crippen molar-refractivity contribution in [3.05, 3.63) is 30.0 Å². The van der Waals surface area contributed by atoms with Crippen LogP contribution >= 0.6 is 0 Å².